The summed E-state index contributed by atoms with van der Waals surface area (Å²) in [6, 6.07) is 0.0544. The highest BCUT2D eigenvalue weighted by Crippen LogP contribution is 2.39. The van der Waals surface area contributed by atoms with Gasteiger partial charge in [0.05, 0.1) is 98.7 Å². The molecule has 25 heteroatoms. The maximum absolute atomic E-state index is 14.1. The molecule has 3 saturated heterocycles. The first-order valence-corrected chi connectivity index (χ1v) is 27.8. The van der Waals surface area contributed by atoms with Crippen molar-refractivity contribution in [3.8, 4) is 0 Å². The maximum atomic E-state index is 14.1. The average molecular weight is 1170 g/mol. The van der Waals surface area contributed by atoms with E-state index in [-0.39, 0.29) is 31.0 Å². The van der Waals surface area contributed by atoms with Crippen molar-refractivity contribution in [2.75, 3.05) is 18.5 Å². The molecule has 25 nitrogen and oxygen atoms in total. The van der Waals surface area contributed by atoms with Gasteiger partial charge in [0.15, 0.2) is 17.9 Å². The molecule has 0 spiro atoms. The van der Waals surface area contributed by atoms with Gasteiger partial charge in [-0.2, -0.15) is 0 Å². The van der Waals surface area contributed by atoms with Gasteiger partial charge in [-0.1, -0.05) is 104 Å². The zero-order valence-corrected chi connectivity index (χ0v) is 46.8. The van der Waals surface area contributed by atoms with Gasteiger partial charge in [-0.05, 0) is 40.0 Å². The summed E-state index contributed by atoms with van der Waals surface area (Å²) in [6.07, 6.45) is -3.94. The lowest BCUT2D eigenvalue weighted by Gasteiger charge is -2.47. The third kappa shape index (κ3) is 20.4. The van der Waals surface area contributed by atoms with Crippen LogP contribution in [0.4, 0.5) is 5.82 Å². The Morgan fingerprint density at radius 3 is 1.93 bits per heavy atom. The second-order valence-corrected chi connectivity index (χ2v) is 22.0. The monoisotopic (exact) mass is 1170 g/mol. The molecule has 82 heavy (non-hydrogen) atoms. The molecule has 3 fully saturated rings. The number of aryl methyl sites for hydroxylation is 1. The fraction of sp³-hybridized carbons (Fsp3) is 0.667. The molecule has 4 unspecified atom stereocenters. The summed E-state index contributed by atoms with van der Waals surface area (Å²) >= 11 is 0. The Hall–Kier alpha value is -4.43. The number of aliphatic hydroxyl groups is 14. The van der Waals surface area contributed by atoms with Gasteiger partial charge in [0, 0.05) is 43.6 Å². The van der Waals surface area contributed by atoms with Crippen molar-refractivity contribution in [1.82, 2.24) is 10.5 Å². The van der Waals surface area contributed by atoms with E-state index in [1.54, 1.807) is 99.8 Å². The highest BCUT2D eigenvalue weighted by Gasteiger charge is 2.53. The van der Waals surface area contributed by atoms with Crippen LogP contribution in [0.5, 0.6) is 0 Å². The van der Waals surface area contributed by atoms with E-state index in [2.05, 4.69) is 15.8 Å². The third-order valence-electron chi connectivity index (χ3n) is 15.1. The van der Waals surface area contributed by atoms with Gasteiger partial charge in [0.2, 0.25) is 11.7 Å². The molecule has 4 aliphatic heterocycles. The molecule has 1 aromatic heterocycles. The number of amides is 1. The van der Waals surface area contributed by atoms with Gasteiger partial charge < -0.3 is 110 Å². The molecule has 462 valence electrons. The van der Waals surface area contributed by atoms with Crippen molar-refractivity contribution in [1.29, 1.82) is 0 Å². The van der Waals surface area contributed by atoms with Crippen LogP contribution in [0.15, 0.2) is 95.7 Å². The number of ether oxygens (including phenoxy) is 5. The van der Waals surface area contributed by atoms with E-state index in [1.165, 1.54) is 19.1 Å². The number of aliphatic hydroxyl groups excluding tert-OH is 12. The molecule has 1 aromatic rings. The number of allylic oxidation sites excluding steroid dienone is 12. The van der Waals surface area contributed by atoms with Crippen LogP contribution < -0.4 is 10.6 Å². The van der Waals surface area contributed by atoms with Crippen molar-refractivity contribution in [2.24, 2.45) is 17.8 Å². The standard InChI is InChI=1S/C57H87N3O22/c1-31-18-16-14-12-10-8-6-7-9-11-13-15-17-19-39(80-55-52(72)48(50(70)35(5)79-55)58-30-57(76)53(73)51(71)43(67)29-77-57)26-44-47(54(74)59-45-22-32(2)82-60-45)42(66)28-56(75,81-44)27-38(63)24-41(65)40(64)21-20-36(61)23-37(62)25-46(68)78-34(4)33(3)49(31)69/h6-19,22,31,33-44,47-53,55,58,61-67,69-73,75-76H,20-21,23-30H2,1-5H3,(H,59,60,74)/t31-,33?,34-,35+,36+,37+,38-,39-,40+,41+,42-,43+,44?,47?,48-,49+,50+,51+,52-,53-,55?,56+,57+/m0/s1. The number of esters is 1. The maximum Gasteiger partial charge on any atom is 0.308 e. The topological polar surface area (TPSA) is 414 Å². The lowest BCUT2D eigenvalue weighted by molar-refractivity contribution is -0.323. The first-order chi connectivity index (χ1) is 38.7. The summed E-state index contributed by atoms with van der Waals surface area (Å²) in [5.41, 5.74) is 0. The number of nitrogens with one attached hydrogen (secondary N) is 2. The van der Waals surface area contributed by atoms with Gasteiger partial charge in [0.1, 0.15) is 36.3 Å². The second-order valence-electron chi connectivity index (χ2n) is 22.0. The minimum absolute atomic E-state index is 0.0132. The number of cyclic esters (lactones) is 1. The molecular weight excluding hydrogens is 1080 g/mol. The highest BCUT2D eigenvalue weighted by molar-refractivity contribution is 5.92. The van der Waals surface area contributed by atoms with Gasteiger partial charge in [-0.3, -0.25) is 9.59 Å². The average Bonchev–Trinajstić information content (AvgIpc) is 3.82. The van der Waals surface area contributed by atoms with Gasteiger partial charge in [-0.25, -0.2) is 0 Å². The van der Waals surface area contributed by atoms with Crippen LogP contribution in [0.1, 0.15) is 84.8 Å². The van der Waals surface area contributed by atoms with Crippen molar-refractivity contribution in [3.05, 3.63) is 96.9 Å². The predicted octanol–water partition coefficient (Wildman–Crippen LogP) is -1.01. The van der Waals surface area contributed by atoms with Gasteiger partial charge >= 0.3 is 5.97 Å². The van der Waals surface area contributed by atoms with Crippen molar-refractivity contribution in [2.45, 2.75) is 208 Å². The molecule has 0 saturated carbocycles. The normalized spacial score (nSPS) is 41.5. The number of carbonyl (C=O) groups excluding carboxylic acids is 2. The lowest BCUT2D eigenvalue weighted by atomic mass is 9.82. The number of rotatable bonds is 7. The SMILES string of the molecule is Cc1cc(NC(=O)C2C3C[C@@H](OC4O[C@H](C)[C@@H](O)[C@H](NC[C@@]5(O)OC[C@@H](O)[C@@H](O)[C@@H]5O)[C@@H]4O)C=CC=CC=CC=CC=CC=CC=C[C@H](C)[C@@H](O)C(C)[C@H](C)OC(=O)C[C@H](O)C[C@H](O)CC[C@@H](O)[C@H](O)C[C@H](O)C[C@](O)(C[C@@H]2O)O3)no1. The number of nitrogens with zero attached hydrogens (tertiary/aromatic N) is 1. The minimum Gasteiger partial charge on any atom is -0.462 e. The van der Waals surface area contributed by atoms with E-state index in [0.29, 0.717) is 5.76 Å². The van der Waals surface area contributed by atoms with E-state index in [0.717, 1.165) is 0 Å². The van der Waals surface area contributed by atoms with Crippen LogP contribution in [0.25, 0.3) is 0 Å². The summed E-state index contributed by atoms with van der Waals surface area (Å²) in [5, 5.41) is 163. The fourth-order valence-corrected chi connectivity index (χ4v) is 10.1. The molecule has 5 rings (SSSR count). The molecule has 0 aromatic carbocycles. The van der Waals surface area contributed by atoms with Gasteiger partial charge in [0.25, 0.3) is 0 Å². The largest absolute Gasteiger partial charge is 0.462 e. The Balaban J connectivity index is 1.43. The molecule has 16 N–H and O–H groups in total. The minimum atomic E-state index is -2.48. The molecule has 4 aliphatic rings. The van der Waals surface area contributed by atoms with Crippen molar-refractivity contribution in [3.63, 3.8) is 0 Å². The number of fused-ring (bicyclic) bond motifs is 2. The molecule has 0 aliphatic carbocycles. The first-order valence-electron chi connectivity index (χ1n) is 27.8. The van der Waals surface area contributed by atoms with Crippen molar-refractivity contribution < 1.29 is 109 Å². The Morgan fingerprint density at radius 1 is 0.683 bits per heavy atom. The Labute approximate surface area is 476 Å². The number of anilines is 1. The van der Waals surface area contributed by atoms with E-state index >= 15 is 0 Å². The number of hydrogen-bond acceptors (Lipinski definition) is 24. The van der Waals surface area contributed by atoms with Crippen LogP contribution in [-0.2, 0) is 33.3 Å². The molecule has 2 bridgehead atoms. The highest BCUT2D eigenvalue weighted by atomic mass is 16.7. The lowest BCUT2D eigenvalue weighted by Crippen LogP contribution is -2.69. The Kier molecular flexibility index (Phi) is 26.8. The fourth-order valence-electron chi connectivity index (χ4n) is 10.1. The Morgan fingerprint density at radius 2 is 1.30 bits per heavy atom. The van der Waals surface area contributed by atoms with Crippen LogP contribution in [0.3, 0.4) is 0 Å². The van der Waals surface area contributed by atoms with Crippen LogP contribution in [0.2, 0.25) is 0 Å². The zero-order valence-electron chi connectivity index (χ0n) is 46.8. The summed E-state index contributed by atoms with van der Waals surface area (Å²) in [4.78, 5) is 26.9. The van der Waals surface area contributed by atoms with E-state index in [1.807, 2.05) is 6.92 Å². The predicted molar refractivity (Wildman–Crippen MR) is 292 cm³/mol. The number of hydrogen-bond donors (Lipinski definition) is 16. The first kappa shape index (κ1) is 68.4. The second kappa shape index (κ2) is 32.2. The third-order valence-corrected chi connectivity index (χ3v) is 15.1. The molecular formula is C57H87N3O22. The molecule has 23 atom stereocenters. The quantitative estimate of drug-likeness (QED) is 0.146. The zero-order chi connectivity index (χ0) is 60.5. The molecule has 1 amide bonds. The van der Waals surface area contributed by atoms with Gasteiger partial charge in [-0.15, -0.1) is 0 Å². The van der Waals surface area contributed by atoms with E-state index in [9.17, 15) is 81.1 Å². The summed E-state index contributed by atoms with van der Waals surface area (Å²) in [7, 11) is 0. The number of aromatic nitrogens is 1. The molecule has 0 radical (unpaired) electrons. The summed E-state index contributed by atoms with van der Waals surface area (Å²) in [5.74, 6) is -8.43. The molecule has 5 heterocycles. The Bertz CT molecular complexity index is 2350. The van der Waals surface area contributed by atoms with Crippen molar-refractivity contribution >= 4 is 17.7 Å². The van der Waals surface area contributed by atoms with E-state index in [4.69, 9.17) is 28.2 Å². The smallest absolute Gasteiger partial charge is 0.308 e. The number of carbonyl (C=O) groups is 2. The van der Waals surface area contributed by atoms with E-state index < -0.39 is 191 Å². The van der Waals surface area contributed by atoms with Crippen LogP contribution in [-0.4, -0.2) is 223 Å². The summed E-state index contributed by atoms with van der Waals surface area (Å²) < 4.78 is 34.4. The van der Waals surface area contributed by atoms with Crippen LogP contribution >= 0.6 is 0 Å². The summed E-state index contributed by atoms with van der Waals surface area (Å²) in [6.45, 7) is 7.00. The van der Waals surface area contributed by atoms with Crippen LogP contribution in [0, 0.1) is 24.7 Å².